The molecule has 0 saturated carbocycles. The molecule has 0 heterocycles. The van der Waals surface area contributed by atoms with Crippen LogP contribution < -0.4 is 16.1 Å². The minimum Gasteiger partial charge on any atom is -0.326 e. The smallest absolute Gasteiger partial charge is 0.321 e. The molecule has 0 aromatic rings. The van der Waals surface area contributed by atoms with Crippen molar-refractivity contribution in [1.29, 1.82) is 0 Å². The van der Waals surface area contributed by atoms with E-state index in [1.807, 2.05) is 14.1 Å². The third-order valence-corrected chi connectivity index (χ3v) is 4.03. The fourth-order valence-electron chi connectivity index (χ4n) is 0.980. The minimum absolute atomic E-state index is 0.323. The van der Waals surface area contributed by atoms with Crippen LogP contribution in [0.25, 0.3) is 0 Å². The Kier molecular flexibility index (Phi) is 7.03. The van der Waals surface area contributed by atoms with Crippen molar-refractivity contribution in [2.45, 2.75) is 0 Å². The molecule has 0 amide bonds. The Morgan fingerprint density at radius 1 is 1.46 bits per heavy atom. The van der Waals surface area contributed by atoms with Crippen LogP contribution in [0.5, 0.6) is 0 Å². The standard InChI is InChI=1S/C6H18N3O2PS/c1-8-3-6(4-9-2)5-13-12(7,10)11/h6,8-9H,3-5H2,1-2H3,(H3,7,10,11). The molecule has 0 saturated heterocycles. The maximum absolute atomic E-state index is 10.8. The number of hydrogen-bond donors (Lipinski definition) is 4. The molecule has 0 unspecified atom stereocenters. The van der Waals surface area contributed by atoms with Gasteiger partial charge in [0.2, 0.25) is 0 Å². The Morgan fingerprint density at radius 3 is 2.23 bits per heavy atom. The summed E-state index contributed by atoms with van der Waals surface area (Å²) >= 11 is 0.930. The van der Waals surface area contributed by atoms with Crippen molar-refractivity contribution in [1.82, 2.24) is 10.6 Å². The summed E-state index contributed by atoms with van der Waals surface area (Å²) in [7, 11) is 3.71. The Labute approximate surface area is 83.1 Å². The quantitative estimate of drug-likeness (QED) is 0.452. The maximum Gasteiger partial charge on any atom is 0.321 e. The fourth-order valence-corrected chi connectivity index (χ4v) is 2.91. The highest BCUT2D eigenvalue weighted by Crippen LogP contribution is 2.46. The Bertz CT molecular complexity index is 169. The van der Waals surface area contributed by atoms with Gasteiger partial charge in [-0.25, -0.2) is 0 Å². The van der Waals surface area contributed by atoms with Crippen molar-refractivity contribution < 1.29 is 9.46 Å². The van der Waals surface area contributed by atoms with Crippen LogP contribution in [0.4, 0.5) is 0 Å². The minimum atomic E-state index is -3.41. The van der Waals surface area contributed by atoms with Gasteiger partial charge in [-0.15, -0.1) is 0 Å². The number of nitrogens with two attached hydrogens (primary N) is 1. The summed E-state index contributed by atoms with van der Waals surface area (Å²) < 4.78 is 10.8. The third kappa shape index (κ3) is 8.74. The number of rotatable bonds is 7. The van der Waals surface area contributed by atoms with Crippen LogP contribution in [-0.4, -0.2) is 37.8 Å². The molecule has 1 atom stereocenters. The van der Waals surface area contributed by atoms with Crippen LogP contribution in [0.15, 0.2) is 0 Å². The van der Waals surface area contributed by atoms with Gasteiger partial charge in [0.1, 0.15) is 0 Å². The van der Waals surface area contributed by atoms with Gasteiger partial charge in [0.15, 0.2) is 0 Å². The highest BCUT2D eigenvalue weighted by molar-refractivity contribution is 8.55. The Morgan fingerprint density at radius 2 is 1.92 bits per heavy atom. The van der Waals surface area contributed by atoms with Crippen LogP contribution in [-0.2, 0) is 4.57 Å². The summed E-state index contributed by atoms with van der Waals surface area (Å²) in [6.45, 7) is -1.78. The van der Waals surface area contributed by atoms with E-state index in [2.05, 4.69) is 10.6 Å². The molecule has 0 fully saturated rings. The zero-order valence-electron chi connectivity index (χ0n) is 7.99. The van der Waals surface area contributed by atoms with Gasteiger partial charge in [-0.1, -0.05) is 11.4 Å². The lowest BCUT2D eigenvalue weighted by atomic mass is 10.2. The van der Waals surface area contributed by atoms with E-state index >= 15 is 0 Å². The molecule has 0 rings (SSSR count). The SMILES string of the molecule is CNCC(CNC)CS[P@@](N)(=O)O. The van der Waals surface area contributed by atoms with E-state index < -0.39 is 6.72 Å². The first-order valence-corrected chi connectivity index (χ1v) is 7.36. The van der Waals surface area contributed by atoms with E-state index in [9.17, 15) is 4.57 Å². The number of nitrogens with one attached hydrogen (secondary N) is 2. The van der Waals surface area contributed by atoms with Crippen molar-refractivity contribution >= 4 is 18.1 Å². The fraction of sp³-hybridized carbons (Fsp3) is 1.00. The van der Waals surface area contributed by atoms with E-state index in [-0.39, 0.29) is 0 Å². The highest BCUT2D eigenvalue weighted by atomic mass is 32.7. The average molecular weight is 227 g/mol. The first-order valence-electron chi connectivity index (χ1n) is 4.04. The van der Waals surface area contributed by atoms with Gasteiger partial charge in [0, 0.05) is 5.75 Å². The maximum atomic E-state index is 10.8. The molecule has 5 N–H and O–H groups in total. The van der Waals surface area contributed by atoms with Gasteiger partial charge in [0.25, 0.3) is 0 Å². The van der Waals surface area contributed by atoms with Gasteiger partial charge in [-0.2, -0.15) is 0 Å². The lowest BCUT2D eigenvalue weighted by Gasteiger charge is -2.15. The predicted octanol–water partition coefficient (Wildman–Crippen LogP) is -0.166. The van der Waals surface area contributed by atoms with Crippen molar-refractivity contribution in [3.8, 4) is 0 Å². The lowest BCUT2D eigenvalue weighted by Crippen LogP contribution is -2.29. The molecule has 0 aliphatic heterocycles. The molecule has 13 heavy (non-hydrogen) atoms. The van der Waals surface area contributed by atoms with Crippen molar-refractivity contribution in [3.05, 3.63) is 0 Å². The van der Waals surface area contributed by atoms with Gasteiger partial charge >= 0.3 is 6.72 Å². The van der Waals surface area contributed by atoms with Crippen LogP contribution in [0, 0.1) is 5.92 Å². The van der Waals surface area contributed by atoms with Crippen LogP contribution in [0.2, 0.25) is 0 Å². The third-order valence-electron chi connectivity index (χ3n) is 1.48. The van der Waals surface area contributed by atoms with Crippen molar-refractivity contribution in [2.75, 3.05) is 32.9 Å². The summed E-state index contributed by atoms with van der Waals surface area (Å²) in [5.74, 6) is 0.912. The molecule has 0 aromatic carbocycles. The largest absolute Gasteiger partial charge is 0.326 e. The van der Waals surface area contributed by atoms with E-state index in [0.717, 1.165) is 24.5 Å². The second-order valence-corrected chi connectivity index (χ2v) is 6.91. The number of hydrogen-bond acceptors (Lipinski definition) is 4. The molecule has 80 valence electrons. The molecule has 0 spiro atoms. The molecule has 0 bridgehead atoms. The van der Waals surface area contributed by atoms with Gasteiger partial charge in [0.05, 0.1) is 0 Å². The molecule has 5 nitrogen and oxygen atoms in total. The summed E-state index contributed by atoms with van der Waals surface area (Å²) in [6, 6.07) is 0. The molecule has 0 aliphatic carbocycles. The topological polar surface area (TPSA) is 87.4 Å². The molecule has 7 heteroatoms. The first kappa shape index (κ1) is 13.4. The zero-order valence-corrected chi connectivity index (χ0v) is 9.70. The Balaban J connectivity index is 3.74. The predicted molar refractivity (Wildman–Crippen MR) is 57.8 cm³/mol. The molecule has 0 aliphatic rings. The van der Waals surface area contributed by atoms with Crippen LogP contribution >= 0.6 is 18.1 Å². The zero-order chi connectivity index (χ0) is 10.3. The van der Waals surface area contributed by atoms with E-state index in [1.165, 1.54) is 0 Å². The van der Waals surface area contributed by atoms with E-state index in [1.54, 1.807) is 0 Å². The summed E-state index contributed by atoms with van der Waals surface area (Å²) in [4.78, 5) is 8.86. The normalized spacial score (nSPS) is 16.1. The van der Waals surface area contributed by atoms with Crippen LogP contribution in [0.3, 0.4) is 0 Å². The average Bonchev–Trinajstić information content (AvgIpc) is 2.00. The van der Waals surface area contributed by atoms with Crippen molar-refractivity contribution in [2.24, 2.45) is 11.4 Å². The second kappa shape index (κ2) is 6.81. The van der Waals surface area contributed by atoms with Crippen molar-refractivity contribution in [3.63, 3.8) is 0 Å². The molecule has 0 aromatic heterocycles. The Hall–Kier alpha value is 0.420. The lowest BCUT2D eigenvalue weighted by molar-refractivity contribution is 0.496. The summed E-state index contributed by atoms with van der Waals surface area (Å²) in [5.41, 5.74) is 5.01. The van der Waals surface area contributed by atoms with Gasteiger partial charge < -0.3 is 15.5 Å². The van der Waals surface area contributed by atoms with E-state index in [4.69, 9.17) is 10.4 Å². The summed E-state index contributed by atoms with van der Waals surface area (Å²) in [6.07, 6.45) is 0. The highest BCUT2D eigenvalue weighted by Gasteiger charge is 2.15. The first-order chi connectivity index (χ1) is 5.99. The second-order valence-electron chi connectivity index (χ2n) is 2.84. The van der Waals surface area contributed by atoms with Gasteiger partial charge in [-0.3, -0.25) is 10.1 Å². The molecule has 0 radical (unpaired) electrons. The summed E-state index contributed by atoms with van der Waals surface area (Å²) in [5, 5.41) is 6.05. The van der Waals surface area contributed by atoms with Gasteiger partial charge in [-0.05, 0) is 33.1 Å². The molecular weight excluding hydrogens is 209 g/mol. The van der Waals surface area contributed by atoms with Crippen LogP contribution in [0.1, 0.15) is 0 Å². The van der Waals surface area contributed by atoms with E-state index in [0.29, 0.717) is 11.7 Å². The molecular formula is C6H18N3O2PS. The monoisotopic (exact) mass is 227 g/mol.